The number of hydrogen-bond donors (Lipinski definition) is 1. The number of nitrogens with zero attached hydrogens (tertiary/aromatic N) is 3. The molecule has 1 N–H and O–H groups in total. The molecule has 1 fully saturated rings. The molecule has 1 saturated carbocycles. The van der Waals surface area contributed by atoms with Crippen molar-refractivity contribution in [3.8, 4) is 17.4 Å². The Morgan fingerprint density at radius 1 is 1.26 bits per heavy atom. The van der Waals surface area contributed by atoms with E-state index in [0.717, 1.165) is 41.2 Å². The van der Waals surface area contributed by atoms with E-state index in [-0.39, 0.29) is 11.8 Å². The Bertz CT molecular complexity index is 1100. The van der Waals surface area contributed by atoms with Crippen LogP contribution in [-0.4, -0.2) is 15.7 Å². The Morgan fingerprint density at radius 3 is 2.85 bits per heavy atom. The predicted octanol–water partition coefficient (Wildman–Crippen LogP) is 3.90. The number of fused-ring (bicyclic) bond motifs is 1. The van der Waals surface area contributed by atoms with Crippen LogP contribution in [0.15, 0.2) is 40.8 Å². The van der Waals surface area contributed by atoms with E-state index in [0.29, 0.717) is 23.7 Å². The zero-order valence-corrected chi connectivity index (χ0v) is 14.9. The van der Waals surface area contributed by atoms with Gasteiger partial charge < -0.3 is 9.73 Å². The second-order valence-electron chi connectivity index (χ2n) is 7.21. The zero-order valence-electron chi connectivity index (χ0n) is 14.9. The second kappa shape index (κ2) is 5.85. The zero-order chi connectivity index (χ0) is 18.5. The number of rotatable bonds is 3. The summed E-state index contributed by atoms with van der Waals surface area (Å²) >= 11 is 0. The van der Waals surface area contributed by atoms with E-state index >= 15 is 0 Å². The van der Waals surface area contributed by atoms with Crippen molar-refractivity contribution in [1.82, 2.24) is 9.78 Å². The number of anilines is 1. The number of aryl methyl sites for hydroxylation is 1. The van der Waals surface area contributed by atoms with Gasteiger partial charge >= 0.3 is 0 Å². The average Bonchev–Trinajstić information content (AvgIpc) is 3.32. The highest BCUT2D eigenvalue weighted by Crippen LogP contribution is 2.48. The monoisotopic (exact) mass is 358 g/mol. The molecule has 27 heavy (non-hydrogen) atoms. The van der Waals surface area contributed by atoms with Crippen molar-refractivity contribution >= 4 is 11.7 Å². The van der Waals surface area contributed by atoms with Crippen LogP contribution < -0.4 is 5.32 Å². The molecule has 1 amide bonds. The van der Waals surface area contributed by atoms with Crippen molar-refractivity contribution in [3.63, 3.8) is 0 Å². The fourth-order valence-electron chi connectivity index (χ4n) is 3.90. The van der Waals surface area contributed by atoms with Gasteiger partial charge in [-0.2, -0.15) is 10.4 Å². The molecule has 134 valence electrons. The van der Waals surface area contributed by atoms with Crippen molar-refractivity contribution in [2.45, 2.75) is 31.1 Å². The molecule has 0 spiro atoms. The number of carbonyl (C=O) groups excluding carboxylic acids is 1. The molecule has 0 saturated heterocycles. The van der Waals surface area contributed by atoms with Crippen LogP contribution in [-0.2, 0) is 11.8 Å². The van der Waals surface area contributed by atoms with Crippen LogP contribution in [0.5, 0.6) is 0 Å². The molecule has 1 aromatic carbocycles. The maximum absolute atomic E-state index is 12.3. The van der Waals surface area contributed by atoms with Gasteiger partial charge in [-0.1, -0.05) is 12.1 Å². The molecule has 2 aromatic heterocycles. The van der Waals surface area contributed by atoms with E-state index in [1.165, 1.54) is 0 Å². The third-order valence-corrected chi connectivity index (χ3v) is 5.36. The van der Waals surface area contributed by atoms with Crippen molar-refractivity contribution in [3.05, 3.63) is 59.0 Å². The first-order chi connectivity index (χ1) is 13.2. The third kappa shape index (κ3) is 2.55. The highest BCUT2D eigenvalue weighted by atomic mass is 16.3. The van der Waals surface area contributed by atoms with Gasteiger partial charge in [-0.05, 0) is 37.1 Å². The van der Waals surface area contributed by atoms with E-state index in [1.54, 1.807) is 10.7 Å². The molecular weight excluding hydrogens is 340 g/mol. The lowest BCUT2D eigenvalue weighted by atomic mass is 9.88. The van der Waals surface area contributed by atoms with Gasteiger partial charge in [-0.3, -0.25) is 9.48 Å². The Balaban J connectivity index is 1.60. The van der Waals surface area contributed by atoms with Crippen LogP contribution in [0.1, 0.15) is 53.7 Å². The number of amides is 1. The third-order valence-electron chi connectivity index (χ3n) is 5.36. The van der Waals surface area contributed by atoms with E-state index in [2.05, 4.69) is 16.5 Å². The van der Waals surface area contributed by atoms with Gasteiger partial charge in [-0.15, -0.1) is 0 Å². The highest BCUT2D eigenvalue weighted by Gasteiger charge is 2.39. The summed E-state index contributed by atoms with van der Waals surface area (Å²) in [4.78, 5) is 12.3. The summed E-state index contributed by atoms with van der Waals surface area (Å²) in [5.74, 6) is 2.45. The summed E-state index contributed by atoms with van der Waals surface area (Å²) in [6.45, 7) is 0. The molecule has 6 nitrogen and oxygen atoms in total. The molecule has 3 heterocycles. The molecule has 5 rings (SSSR count). The van der Waals surface area contributed by atoms with Crippen LogP contribution >= 0.6 is 0 Å². The van der Waals surface area contributed by atoms with Crippen LogP contribution in [0.25, 0.3) is 11.3 Å². The molecule has 1 aliphatic heterocycles. The van der Waals surface area contributed by atoms with Gasteiger partial charge in [0.15, 0.2) is 0 Å². The average molecular weight is 358 g/mol. The first kappa shape index (κ1) is 15.9. The Labute approximate surface area is 156 Å². The summed E-state index contributed by atoms with van der Waals surface area (Å²) in [7, 11) is 1.87. The van der Waals surface area contributed by atoms with E-state index in [4.69, 9.17) is 4.42 Å². The molecule has 6 heteroatoms. The summed E-state index contributed by atoms with van der Waals surface area (Å²) < 4.78 is 7.92. The topological polar surface area (TPSA) is 83.9 Å². The Kier molecular flexibility index (Phi) is 3.44. The highest BCUT2D eigenvalue weighted by molar-refractivity contribution is 5.94. The van der Waals surface area contributed by atoms with Gasteiger partial charge in [0.05, 0.1) is 23.2 Å². The number of benzene rings is 1. The Morgan fingerprint density at radius 2 is 2.07 bits per heavy atom. The lowest BCUT2D eigenvalue weighted by Gasteiger charge is -2.22. The van der Waals surface area contributed by atoms with Crippen LogP contribution in [0, 0.1) is 11.3 Å². The largest absolute Gasteiger partial charge is 0.460 e. The molecule has 3 aromatic rings. The number of aromatic nitrogens is 2. The summed E-state index contributed by atoms with van der Waals surface area (Å²) in [6.07, 6.45) is 2.62. The molecule has 0 unspecified atom stereocenters. The number of hydrogen-bond acceptors (Lipinski definition) is 4. The van der Waals surface area contributed by atoms with Gasteiger partial charge in [0, 0.05) is 30.5 Å². The lowest BCUT2D eigenvalue weighted by Crippen LogP contribution is -2.24. The first-order valence-corrected chi connectivity index (χ1v) is 9.11. The minimum atomic E-state index is -0.152. The Hall–Kier alpha value is -3.33. The normalized spacial score (nSPS) is 18.7. The number of carbonyl (C=O) groups is 1. The quantitative estimate of drug-likeness (QED) is 0.769. The molecule has 0 radical (unpaired) electrons. The maximum Gasteiger partial charge on any atom is 0.226 e. The van der Waals surface area contributed by atoms with Gasteiger partial charge in [0.2, 0.25) is 5.91 Å². The van der Waals surface area contributed by atoms with E-state index < -0.39 is 0 Å². The molecular formula is C21H18N4O2. The standard InChI is InChI=1S/C21H18N4O2/c1-25-21-19(20(24-25)12-6-7-12)15(10-18(26)23-21)17-9-8-16(27-17)14-5-3-2-4-13(14)11-22/h2-5,8-9,12,15H,6-7,10H2,1H3,(H,23,26)/t15-/m0/s1. The molecule has 2 aliphatic rings. The van der Waals surface area contributed by atoms with Gasteiger partial charge in [0.1, 0.15) is 17.3 Å². The smallest absolute Gasteiger partial charge is 0.226 e. The number of nitrogens with one attached hydrogen (secondary N) is 1. The number of furan rings is 1. The van der Waals surface area contributed by atoms with Gasteiger partial charge in [-0.25, -0.2) is 0 Å². The summed E-state index contributed by atoms with van der Waals surface area (Å²) in [5.41, 5.74) is 3.49. The van der Waals surface area contributed by atoms with Crippen molar-refractivity contribution in [2.24, 2.45) is 7.05 Å². The van der Waals surface area contributed by atoms with Crippen molar-refractivity contribution in [2.75, 3.05) is 5.32 Å². The van der Waals surface area contributed by atoms with Crippen molar-refractivity contribution in [1.29, 1.82) is 5.26 Å². The molecule has 0 bridgehead atoms. The SMILES string of the molecule is Cn1nc(C2CC2)c2c1NC(=O)C[C@H]2c1ccc(-c2ccccc2C#N)o1. The van der Waals surface area contributed by atoms with Crippen LogP contribution in [0.2, 0.25) is 0 Å². The summed E-state index contributed by atoms with van der Waals surface area (Å²) in [6, 6.07) is 13.4. The maximum atomic E-state index is 12.3. The van der Waals surface area contributed by atoms with E-state index in [9.17, 15) is 10.1 Å². The minimum absolute atomic E-state index is 0.0341. The van der Waals surface area contributed by atoms with Crippen LogP contribution in [0.4, 0.5) is 5.82 Å². The first-order valence-electron chi connectivity index (χ1n) is 9.11. The minimum Gasteiger partial charge on any atom is -0.460 e. The molecule has 1 aliphatic carbocycles. The fourth-order valence-corrected chi connectivity index (χ4v) is 3.90. The van der Waals surface area contributed by atoms with E-state index in [1.807, 2.05) is 37.4 Å². The fraction of sp³-hybridized carbons (Fsp3) is 0.286. The summed E-state index contributed by atoms with van der Waals surface area (Å²) in [5, 5.41) is 17.0. The lowest BCUT2D eigenvalue weighted by molar-refractivity contribution is -0.116. The van der Waals surface area contributed by atoms with Gasteiger partial charge in [0.25, 0.3) is 0 Å². The molecule has 1 atom stereocenters. The second-order valence-corrected chi connectivity index (χ2v) is 7.21. The van der Waals surface area contributed by atoms with Crippen LogP contribution in [0.3, 0.4) is 0 Å². The van der Waals surface area contributed by atoms with Crippen molar-refractivity contribution < 1.29 is 9.21 Å². The number of nitriles is 1. The predicted molar refractivity (Wildman–Crippen MR) is 99.1 cm³/mol.